The maximum absolute atomic E-state index is 12.1. The minimum absolute atomic E-state index is 0.156. The number of nitrogens with zero attached hydrogens (tertiary/aromatic N) is 2. The summed E-state index contributed by atoms with van der Waals surface area (Å²) in [5, 5.41) is 3.24. The molecule has 0 aliphatic carbocycles. The van der Waals surface area contributed by atoms with Gasteiger partial charge in [-0.15, -0.1) is 0 Å². The molecule has 2 rings (SSSR count). The van der Waals surface area contributed by atoms with E-state index in [4.69, 9.17) is 0 Å². The lowest BCUT2D eigenvalue weighted by Gasteiger charge is -2.27. The molecular formula is C11H17N3O. The van der Waals surface area contributed by atoms with E-state index in [1.807, 2.05) is 27.8 Å². The number of piperazine rings is 1. The molecule has 15 heavy (non-hydrogen) atoms. The molecule has 1 aliphatic rings. The molecular weight excluding hydrogens is 190 g/mol. The summed E-state index contributed by atoms with van der Waals surface area (Å²) in [7, 11) is 0. The van der Waals surface area contributed by atoms with Crippen molar-refractivity contribution in [3.05, 3.63) is 24.0 Å². The van der Waals surface area contributed by atoms with E-state index < -0.39 is 0 Å². The molecule has 0 unspecified atom stereocenters. The minimum Gasteiger partial charge on any atom is -0.344 e. The van der Waals surface area contributed by atoms with Crippen LogP contribution in [-0.4, -0.2) is 41.6 Å². The van der Waals surface area contributed by atoms with Crippen molar-refractivity contribution in [2.45, 2.75) is 13.5 Å². The third-order valence-electron chi connectivity index (χ3n) is 2.79. The van der Waals surface area contributed by atoms with E-state index >= 15 is 0 Å². The molecule has 2 heterocycles. The van der Waals surface area contributed by atoms with Crippen molar-refractivity contribution in [2.24, 2.45) is 0 Å². The zero-order chi connectivity index (χ0) is 10.7. The molecule has 0 atom stereocenters. The zero-order valence-corrected chi connectivity index (χ0v) is 9.07. The van der Waals surface area contributed by atoms with Crippen LogP contribution in [0.1, 0.15) is 17.4 Å². The Hall–Kier alpha value is -1.29. The van der Waals surface area contributed by atoms with Crippen molar-refractivity contribution in [1.29, 1.82) is 0 Å². The molecule has 1 amide bonds. The van der Waals surface area contributed by atoms with Crippen molar-refractivity contribution in [3.63, 3.8) is 0 Å². The number of aromatic nitrogens is 1. The number of hydrogen-bond acceptors (Lipinski definition) is 2. The Balaban J connectivity index is 2.12. The summed E-state index contributed by atoms with van der Waals surface area (Å²) in [4.78, 5) is 14.0. The molecule has 0 spiro atoms. The van der Waals surface area contributed by atoms with Gasteiger partial charge in [0, 0.05) is 38.9 Å². The largest absolute Gasteiger partial charge is 0.344 e. The minimum atomic E-state index is 0.156. The van der Waals surface area contributed by atoms with Gasteiger partial charge in [0.05, 0.1) is 0 Å². The van der Waals surface area contributed by atoms with E-state index in [-0.39, 0.29) is 5.91 Å². The van der Waals surface area contributed by atoms with E-state index in [1.165, 1.54) is 0 Å². The van der Waals surface area contributed by atoms with Crippen LogP contribution in [0.5, 0.6) is 0 Å². The second-order valence-electron chi connectivity index (χ2n) is 3.72. The molecule has 1 aromatic rings. The fraction of sp³-hybridized carbons (Fsp3) is 0.545. The summed E-state index contributed by atoms with van der Waals surface area (Å²) in [6, 6.07) is 3.83. The van der Waals surface area contributed by atoms with E-state index in [9.17, 15) is 4.79 Å². The molecule has 1 aliphatic heterocycles. The summed E-state index contributed by atoms with van der Waals surface area (Å²) >= 11 is 0. The van der Waals surface area contributed by atoms with E-state index in [1.54, 1.807) is 0 Å². The summed E-state index contributed by atoms with van der Waals surface area (Å²) in [5.74, 6) is 0.156. The first-order chi connectivity index (χ1) is 7.33. The smallest absolute Gasteiger partial charge is 0.270 e. The second-order valence-corrected chi connectivity index (χ2v) is 3.72. The van der Waals surface area contributed by atoms with Gasteiger partial charge in [0.2, 0.25) is 0 Å². The van der Waals surface area contributed by atoms with Gasteiger partial charge in [-0.05, 0) is 19.1 Å². The van der Waals surface area contributed by atoms with Crippen LogP contribution in [0.2, 0.25) is 0 Å². The molecule has 0 bridgehead atoms. The third kappa shape index (κ3) is 2.04. The van der Waals surface area contributed by atoms with E-state index in [0.717, 1.165) is 38.4 Å². The molecule has 1 fully saturated rings. The van der Waals surface area contributed by atoms with Gasteiger partial charge in [0.25, 0.3) is 5.91 Å². The summed E-state index contributed by atoms with van der Waals surface area (Å²) in [5.41, 5.74) is 0.805. The van der Waals surface area contributed by atoms with Gasteiger partial charge in [0.15, 0.2) is 0 Å². The van der Waals surface area contributed by atoms with Crippen LogP contribution < -0.4 is 5.32 Å². The average molecular weight is 207 g/mol. The molecule has 0 aromatic carbocycles. The highest BCUT2D eigenvalue weighted by atomic mass is 16.2. The van der Waals surface area contributed by atoms with Crippen LogP contribution in [0.25, 0.3) is 0 Å². The van der Waals surface area contributed by atoms with Gasteiger partial charge in [-0.1, -0.05) is 0 Å². The van der Waals surface area contributed by atoms with Crippen molar-refractivity contribution >= 4 is 5.91 Å². The van der Waals surface area contributed by atoms with Crippen LogP contribution in [0.15, 0.2) is 18.3 Å². The zero-order valence-electron chi connectivity index (χ0n) is 9.07. The summed E-state index contributed by atoms with van der Waals surface area (Å²) in [6.07, 6.45) is 1.95. The van der Waals surface area contributed by atoms with Crippen LogP contribution >= 0.6 is 0 Å². The second kappa shape index (κ2) is 4.49. The van der Waals surface area contributed by atoms with Crippen molar-refractivity contribution in [3.8, 4) is 0 Å². The Morgan fingerprint density at radius 1 is 1.47 bits per heavy atom. The molecule has 1 saturated heterocycles. The first-order valence-electron chi connectivity index (χ1n) is 5.48. The first kappa shape index (κ1) is 10.2. The molecule has 82 valence electrons. The molecule has 0 radical (unpaired) electrons. The van der Waals surface area contributed by atoms with E-state index in [2.05, 4.69) is 12.2 Å². The Labute approximate surface area is 89.9 Å². The number of rotatable bonds is 2. The van der Waals surface area contributed by atoms with Gasteiger partial charge in [-0.3, -0.25) is 4.79 Å². The number of aryl methyl sites for hydroxylation is 1. The molecule has 1 aromatic heterocycles. The summed E-state index contributed by atoms with van der Waals surface area (Å²) in [6.45, 7) is 6.33. The van der Waals surface area contributed by atoms with Gasteiger partial charge in [-0.2, -0.15) is 0 Å². The molecule has 4 nitrogen and oxygen atoms in total. The SMILES string of the molecule is CCn1cccc1C(=O)N1CCNCC1. The number of amides is 1. The Kier molecular flexibility index (Phi) is 3.06. The van der Waals surface area contributed by atoms with Crippen molar-refractivity contribution in [1.82, 2.24) is 14.8 Å². The number of nitrogens with one attached hydrogen (secondary N) is 1. The monoisotopic (exact) mass is 207 g/mol. The molecule has 4 heteroatoms. The average Bonchev–Trinajstić information content (AvgIpc) is 2.77. The van der Waals surface area contributed by atoms with Gasteiger partial charge >= 0.3 is 0 Å². The highest BCUT2D eigenvalue weighted by Crippen LogP contribution is 2.07. The molecule has 1 N–H and O–H groups in total. The molecule has 0 saturated carbocycles. The lowest BCUT2D eigenvalue weighted by atomic mass is 10.3. The highest BCUT2D eigenvalue weighted by Gasteiger charge is 2.19. The third-order valence-corrected chi connectivity index (χ3v) is 2.79. The van der Waals surface area contributed by atoms with Crippen LogP contribution in [0, 0.1) is 0 Å². The van der Waals surface area contributed by atoms with E-state index in [0.29, 0.717) is 0 Å². The summed E-state index contributed by atoms with van der Waals surface area (Å²) < 4.78 is 1.99. The van der Waals surface area contributed by atoms with Crippen LogP contribution in [0.3, 0.4) is 0 Å². The Bertz CT molecular complexity index is 339. The number of hydrogen-bond donors (Lipinski definition) is 1. The van der Waals surface area contributed by atoms with Crippen molar-refractivity contribution < 1.29 is 4.79 Å². The fourth-order valence-corrected chi connectivity index (χ4v) is 1.91. The highest BCUT2D eigenvalue weighted by molar-refractivity contribution is 5.92. The fourth-order valence-electron chi connectivity index (χ4n) is 1.91. The van der Waals surface area contributed by atoms with Crippen LogP contribution in [0.4, 0.5) is 0 Å². The normalized spacial score (nSPS) is 16.7. The number of carbonyl (C=O) groups excluding carboxylic acids is 1. The van der Waals surface area contributed by atoms with Crippen LogP contribution in [-0.2, 0) is 6.54 Å². The Morgan fingerprint density at radius 3 is 2.87 bits per heavy atom. The topological polar surface area (TPSA) is 37.3 Å². The lowest BCUT2D eigenvalue weighted by Crippen LogP contribution is -2.46. The number of carbonyl (C=O) groups is 1. The van der Waals surface area contributed by atoms with Crippen molar-refractivity contribution in [2.75, 3.05) is 26.2 Å². The standard InChI is InChI=1S/C11H17N3O/c1-2-13-7-3-4-10(13)11(15)14-8-5-12-6-9-14/h3-4,7,12H,2,5-6,8-9H2,1H3. The quantitative estimate of drug-likeness (QED) is 0.769. The lowest BCUT2D eigenvalue weighted by molar-refractivity contribution is 0.0725. The maximum atomic E-state index is 12.1. The first-order valence-corrected chi connectivity index (χ1v) is 5.48. The van der Waals surface area contributed by atoms with Gasteiger partial charge < -0.3 is 14.8 Å². The maximum Gasteiger partial charge on any atom is 0.270 e. The van der Waals surface area contributed by atoms with Gasteiger partial charge in [0.1, 0.15) is 5.69 Å². The van der Waals surface area contributed by atoms with Gasteiger partial charge in [-0.25, -0.2) is 0 Å². The predicted octanol–water partition coefficient (Wildman–Crippen LogP) is 0.553. The Morgan fingerprint density at radius 2 is 2.20 bits per heavy atom. The predicted molar refractivity (Wildman–Crippen MR) is 58.9 cm³/mol.